The molecule has 0 bridgehead atoms. The predicted octanol–water partition coefficient (Wildman–Crippen LogP) is 3.99. The third-order valence-electron chi connectivity index (χ3n) is 2.14. The van der Waals surface area contributed by atoms with Crippen LogP contribution in [0.15, 0.2) is 0 Å². The lowest BCUT2D eigenvalue weighted by Crippen LogP contribution is -2.07. The molecule has 1 aliphatic rings. The van der Waals surface area contributed by atoms with E-state index in [0.29, 0.717) is 6.10 Å². The molecule has 1 heterocycles. The lowest BCUT2D eigenvalue weighted by Gasteiger charge is -2.06. The lowest BCUT2D eigenvalue weighted by atomic mass is 10.1. The molecule has 0 spiro atoms. The molecule has 1 atom stereocenters. The largest absolute Gasteiger partial charge is 0.373 e. The predicted molar refractivity (Wildman–Crippen MR) is 60.9 cm³/mol. The second-order valence-electron chi connectivity index (χ2n) is 3.52. The lowest BCUT2D eigenvalue weighted by molar-refractivity contribution is 0.388. The van der Waals surface area contributed by atoms with Crippen molar-refractivity contribution < 1.29 is 4.74 Å². The van der Waals surface area contributed by atoms with Gasteiger partial charge in [0, 0.05) is 0 Å². The van der Waals surface area contributed by atoms with Crippen molar-refractivity contribution in [1.82, 2.24) is 0 Å². The minimum absolute atomic E-state index is 0.572. The van der Waals surface area contributed by atoms with Crippen molar-refractivity contribution in [3.05, 3.63) is 0 Å². The van der Waals surface area contributed by atoms with E-state index in [1.165, 1.54) is 25.7 Å². The third kappa shape index (κ3) is 8.07. The van der Waals surface area contributed by atoms with Crippen LogP contribution in [0.4, 0.5) is 0 Å². The van der Waals surface area contributed by atoms with E-state index < -0.39 is 6.00 Å². The Morgan fingerprint density at radius 2 is 1.69 bits per heavy atom. The first-order valence-corrected chi connectivity index (χ1v) is 10.0. The van der Waals surface area contributed by atoms with Crippen molar-refractivity contribution in [2.75, 3.05) is 6.61 Å². The Balaban J connectivity index is 1.78. The fourth-order valence-electron chi connectivity index (χ4n) is 1.29. The molecule has 0 aromatic heterocycles. The first-order valence-electron chi connectivity index (χ1n) is 4.76. The number of hydrogen-bond donors (Lipinski definition) is 0. The van der Waals surface area contributed by atoms with E-state index in [0.717, 1.165) is 19.1 Å². The second kappa shape index (κ2) is 5.81. The molecule has 1 saturated heterocycles. The van der Waals surface area contributed by atoms with E-state index in [1.54, 1.807) is 0 Å². The van der Waals surface area contributed by atoms with Gasteiger partial charge < -0.3 is 4.74 Å². The maximum Gasteiger partial charge on any atom is 0.341 e. The molecular weight excluding hydrogens is 247 g/mol. The highest BCUT2D eigenvalue weighted by atomic mass is 35.8. The number of halogens is 3. The molecule has 5 heteroatoms. The van der Waals surface area contributed by atoms with Gasteiger partial charge in [0.25, 0.3) is 0 Å². The Hall–Kier alpha value is 1.05. The van der Waals surface area contributed by atoms with Crippen LogP contribution in [-0.2, 0) is 4.74 Å². The van der Waals surface area contributed by atoms with Crippen molar-refractivity contribution in [2.24, 2.45) is 0 Å². The van der Waals surface area contributed by atoms with E-state index in [2.05, 4.69) is 0 Å². The van der Waals surface area contributed by atoms with Crippen molar-refractivity contribution in [3.63, 3.8) is 0 Å². The molecule has 0 saturated carbocycles. The number of ether oxygens (including phenoxy) is 1. The summed E-state index contributed by atoms with van der Waals surface area (Å²) in [6.07, 6.45) is 6.54. The van der Waals surface area contributed by atoms with Gasteiger partial charge in [-0.3, -0.25) is 0 Å². The van der Waals surface area contributed by atoms with E-state index in [-0.39, 0.29) is 0 Å². The number of rotatable bonds is 7. The highest BCUT2D eigenvalue weighted by molar-refractivity contribution is 7.64. The maximum atomic E-state index is 5.76. The molecular formula is C8H15Cl3OSi. The SMILES string of the molecule is Cl[Si](Cl)(Cl)CCCCCCC1CO1. The number of epoxide rings is 1. The van der Waals surface area contributed by atoms with Crippen LogP contribution in [0.1, 0.15) is 32.1 Å². The zero-order chi connectivity index (χ0) is 9.73. The average Bonchev–Trinajstić information content (AvgIpc) is 2.77. The summed E-state index contributed by atoms with van der Waals surface area (Å²) in [7, 11) is 0. The van der Waals surface area contributed by atoms with Gasteiger partial charge in [-0.15, -0.1) is 33.2 Å². The normalized spacial score (nSPS) is 21.9. The second-order valence-corrected chi connectivity index (χ2v) is 12.8. The van der Waals surface area contributed by atoms with Crippen LogP contribution in [-0.4, -0.2) is 18.7 Å². The smallest absolute Gasteiger partial charge is 0.341 e. The maximum absolute atomic E-state index is 5.76. The quantitative estimate of drug-likeness (QED) is 0.292. The zero-order valence-electron chi connectivity index (χ0n) is 7.57. The first-order chi connectivity index (χ1) is 6.08. The van der Waals surface area contributed by atoms with Gasteiger partial charge in [-0.25, -0.2) is 0 Å². The van der Waals surface area contributed by atoms with Crippen LogP contribution in [0.5, 0.6) is 0 Å². The molecule has 0 N–H and O–H groups in total. The highest BCUT2D eigenvalue weighted by Gasteiger charge is 2.24. The molecule has 0 radical (unpaired) electrons. The monoisotopic (exact) mass is 260 g/mol. The van der Waals surface area contributed by atoms with Crippen molar-refractivity contribution in [2.45, 2.75) is 44.3 Å². The first kappa shape index (κ1) is 12.1. The number of unbranched alkanes of at least 4 members (excludes halogenated alkanes) is 3. The van der Waals surface area contributed by atoms with Crippen LogP contribution in [0.2, 0.25) is 6.04 Å². The van der Waals surface area contributed by atoms with Crippen LogP contribution in [0.25, 0.3) is 0 Å². The van der Waals surface area contributed by atoms with Gasteiger partial charge in [0.2, 0.25) is 0 Å². The molecule has 1 nitrogen and oxygen atoms in total. The van der Waals surface area contributed by atoms with Gasteiger partial charge in [-0.05, 0) is 12.5 Å². The van der Waals surface area contributed by atoms with Crippen LogP contribution in [0.3, 0.4) is 0 Å². The third-order valence-corrected chi connectivity index (χ3v) is 4.76. The summed E-state index contributed by atoms with van der Waals surface area (Å²) in [6.45, 7) is 0.973. The minimum Gasteiger partial charge on any atom is -0.373 e. The fraction of sp³-hybridized carbons (Fsp3) is 1.00. The summed E-state index contributed by atoms with van der Waals surface area (Å²) in [5.41, 5.74) is 0. The summed E-state index contributed by atoms with van der Waals surface area (Å²) in [5.74, 6) is 0. The Labute approximate surface area is 94.8 Å². The zero-order valence-corrected chi connectivity index (χ0v) is 10.8. The summed E-state index contributed by atoms with van der Waals surface area (Å²) < 4.78 is 5.11. The van der Waals surface area contributed by atoms with Crippen LogP contribution in [0, 0.1) is 0 Å². The van der Waals surface area contributed by atoms with E-state index in [9.17, 15) is 0 Å². The van der Waals surface area contributed by atoms with Crippen molar-refractivity contribution >= 4 is 39.2 Å². The van der Waals surface area contributed by atoms with Gasteiger partial charge in [0.1, 0.15) is 0 Å². The van der Waals surface area contributed by atoms with Gasteiger partial charge in [0.05, 0.1) is 12.7 Å². The standard InChI is InChI=1S/C8H15Cl3OSi/c9-13(10,11)6-4-2-1-3-5-8-7-12-8/h8H,1-7H2. The van der Waals surface area contributed by atoms with Crippen molar-refractivity contribution in [3.8, 4) is 0 Å². The van der Waals surface area contributed by atoms with E-state index in [4.69, 9.17) is 38.0 Å². The highest BCUT2D eigenvalue weighted by Crippen LogP contribution is 2.27. The topological polar surface area (TPSA) is 12.5 Å². The Bertz CT molecular complexity index is 145. The van der Waals surface area contributed by atoms with Gasteiger partial charge >= 0.3 is 6.00 Å². The minimum atomic E-state index is -2.33. The molecule has 1 fully saturated rings. The van der Waals surface area contributed by atoms with Crippen LogP contribution < -0.4 is 0 Å². The molecule has 1 rings (SSSR count). The van der Waals surface area contributed by atoms with Gasteiger partial charge in [0.15, 0.2) is 0 Å². The fourth-order valence-corrected chi connectivity index (χ4v) is 3.14. The molecule has 0 aromatic carbocycles. The summed E-state index contributed by atoms with van der Waals surface area (Å²) >= 11 is 17.3. The Morgan fingerprint density at radius 1 is 1.08 bits per heavy atom. The molecule has 1 aliphatic heterocycles. The van der Waals surface area contributed by atoms with Gasteiger partial charge in [-0.1, -0.05) is 25.7 Å². The van der Waals surface area contributed by atoms with Crippen LogP contribution >= 0.6 is 33.2 Å². The molecule has 0 aromatic rings. The number of hydrogen-bond acceptors (Lipinski definition) is 1. The van der Waals surface area contributed by atoms with Gasteiger partial charge in [-0.2, -0.15) is 0 Å². The van der Waals surface area contributed by atoms with E-state index in [1.807, 2.05) is 0 Å². The Kier molecular flexibility index (Phi) is 5.42. The molecule has 0 aliphatic carbocycles. The summed E-state index contributed by atoms with van der Waals surface area (Å²) in [5, 5.41) is 0. The Morgan fingerprint density at radius 3 is 2.23 bits per heavy atom. The molecule has 0 amide bonds. The van der Waals surface area contributed by atoms with Crippen molar-refractivity contribution in [1.29, 1.82) is 0 Å². The average molecular weight is 262 g/mol. The molecule has 13 heavy (non-hydrogen) atoms. The molecule has 1 unspecified atom stereocenters. The molecule has 78 valence electrons. The summed E-state index contributed by atoms with van der Waals surface area (Å²) in [4.78, 5) is 0. The van der Waals surface area contributed by atoms with E-state index >= 15 is 0 Å². The summed E-state index contributed by atoms with van der Waals surface area (Å²) in [6, 6.07) is -1.53.